The highest BCUT2D eigenvalue weighted by Crippen LogP contribution is 2.38. The van der Waals surface area contributed by atoms with Gasteiger partial charge in [0.15, 0.2) is 0 Å². The van der Waals surface area contributed by atoms with Crippen molar-refractivity contribution in [2.45, 2.75) is 52.1 Å². The smallest absolute Gasteiger partial charge is 0.0388 e. The van der Waals surface area contributed by atoms with Crippen molar-refractivity contribution in [2.75, 3.05) is 0 Å². The summed E-state index contributed by atoms with van der Waals surface area (Å²) in [6.07, 6.45) is 4.08. The van der Waals surface area contributed by atoms with E-state index < -0.39 is 0 Å². The first-order valence-electron chi connectivity index (χ1n) is 5.89. The molecule has 2 atom stereocenters. The maximum atomic E-state index is 3.78. The molecule has 1 N–H and O–H groups in total. The Kier molecular flexibility index (Phi) is 3.17. The summed E-state index contributed by atoms with van der Waals surface area (Å²) >= 11 is 1.85. The zero-order valence-corrected chi connectivity index (χ0v) is 10.7. The monoisotopic (exact) mass is 223 g/mol. The van der Waals surface area contributed by atoms with Gasteiger partial charge in [0.1, 0.15) is 0 Å². The average Bonchev–Trinajstić information content (AvgIpc) is 2.76. The van der Waals surface area contributed by atoms with Crippen molar-refractivity contribution in [3.8, 4) is 0 Å². The second-order valence-electron chi connectivity index (χ2n) is 5.34. The standard InChI is InChI=1S/C13H21NS/c1-10(11-6-5-9-15-11)14-12-7-4-8-13(12,2)3/h5-6,9-10,12,14H,4,7-8H2,1-3H3. The Morgan fingerprint density at radius 3 is 2.87 bits per heavy atom. The average molecular weight is 223 g/mol. The molecule has 2 rings (SSSR count). The lowest BCUT2D eigenvalue weighted by atomic mass is 9.87. The predicted molar refractivity (Wildman–Crippen MR) is 67.3 cm³/mol. The molecule has 0 amide bonds. The second kappa shape index (κ2) is 4.26. The van der Waals surface area contributed by atoms with E-state index in [0.717, 1.165) is 0 Å². The molecule has 1 aromatic heterocycles. The molecule has 0 radical (unpaired) electrons. The number of nitrogens with one attached hydrogen (secondary N) is 1. The summed E-state index contributed by atoms with van der Waals surface area (Å²) in [4.78, 5) is 1.46. The maximum Gasteiger partial charge on any atom is 0.0388 e. The van der Waals surface area contributed by atoms with Crippen LogP contribution in [0.4, 0.5) is 0 Å². The lowest BCUT2D eigenvalue weighted by Gasteiger charge is -2.30. The summed E-state index contributed by atoms with van der Waals surface area (Å²) in [5.74, 6) is 0. The van der Waals surface area contributed by atoms with Crippen LogP contribution in [0, 0.1) is 5.41 Å². The minimum atomic E-state index is 0.478. The Bertz CT molecular complexity index is 302. The molecule has 1 aromatic rings. The van der Waals surface area contributed by atoms with Gasteiger partial charge in [-0.05, 0) is 36.6 Å². The highest BCUT2D eigenvalue weighted by Gasteiger charge is 2.34. The highest BCUT2D eigenvalue weighted by atomic mass is 32.1. The minimum Gasteiger partial charge on any atom is -0.306 e. The lowest BCUT2D eigenvalue weighted by Crippen LogP contribution is -2.38. The molecule has 1 aliphatic carbocycles. The van der Waals surface area contributed by atoms with Crippen molar-refractivity contribution in [1.29, 1.82) is 0 Å². The summed E-state index contributed by atoms with van der Waals surface area (Å²) in [5.41, 5.74) is 0.478. The van der Waals surface area contributed by atoms with Crippen molar-refractivity contribution in [1.82, 2.24) is 5.32 Å². The second-order valence-corrected chi connectivity index (χ2v) is 6.32. The molecule has 0 aliphatic heterocycles. The molecule has 1 fully saturated rings. The van der Waals surface area contributed by atoms with Gasteiger partial charge in [0.05, 0.1) is 0 Å². The molecule has 2 heteroatoms. The number of thiophene rings is 1. The van der Waals surface area contributed by atoms with E-state index in [1.807, 2.05) is 11.3 Å². The zero-order valence-electron chi connectivity index (χ0n) is 9.92. The van der Waals surface area contributed by atoms with Crippen LogP contribution < -0.4 is 5.32 Å². The summed E-state index contributed by atoms with van der Waals surface area (Å²) in [6, 6.07) is 5.56. The van der Waals surface area contributed by atoms with Crippen molar-refractivity contribution in [3.05, 3.63) is 22.4 Å². The van der Waals surface area contributed by atoms with Gasteiger partial charge in [0.25, 0.3) is 0 Å². The van der Waals surface area contributed by atoms with Crippen molar-refractivity contribution in [3.63, 3.8) is 0 Å². The van der Waals surface area contributed by atoms with Gasteiger partial charge >= 0.3 is 0 Å². The Balaban J connectivity index is 1.97. The third-order valence-electron chi connectivity index (χ3n) is 3.68. The fraction of sp³-hybridized carbons (Fsp3) is 0.692. The van der Waals surface area contributed by atoms with E-state index in [-0.39, 0.29) is 0 Å². The van der Waals surface area contributed by atoms with E-state index >= 15 is 0 Å². The first kappa shape index (κ1) is 11.2. The Labute approximate surface area is 96.9 Å². The van der Waals surface area contributed by atoms with E-state index in [9.17, 15) is 0 Å². The molecule has 1 aliphatic rings. The Morgan fingerprint density at radius 2 is 2.33 bits per heavy atom. The molecule has 1 heterocycles. The molecule has 0 bridgehead atoms. The van der Waals surface area contributed by atoms with E-state index in [1.165, 1.54) is 24.1 Å². The molecular formula is C13H21NS. The van der Waals surface area contributed by atoms with E-state index in [0.29, 0.717) is 17.5 Å². The van der Waals surface area contributed by atoms with Crippen LogP contribution in [0.3, 0.4) is 0 Å². The van der Waals surface area contributed by atoms with Crippen LogP contribution in [0.5, 0.6) is 0 Å². The van der Waals surface area contributed by atoms with Gasteiger partial charge in [0, 0.05) is 17.0 Å². The van der Waals surface area contributed by atoms with Gasteiger partial charge in [0.2, 0.25) is 0 Å². The normalized spacial score (nSPS) is 26.7. The van der Waals surface area contributed by atoms with Crippen molar-refractivity contribution >= 4 is 11.3 Å². The molecule has 1 saturated carbocycles. The fourth-order valence-electron chi connectivity index (χ4n) is 2.56. The van der Waals surface area contributed by atoms with E-state index in [2.05, 4.69) is 43.6 Å². The molecule has 2 unspecified atom stereocenters. The van der Waals surface area contributed by atoms with Crippen LogP contribution >= 0.6 is 11.3 Å². The van der Waals surface area contributed by atoms with E-state index in [1.54, 1.807) is 0 Å². The summed E-state index contributed by atoms with van der Waals surface area (Å²) < 4.78 is 0. The lowest BCUT2D eigenvalue weighted by molar-refractivity contribution is 0.267. The largest absolute Gasteiger partial charge is 0.306 e. The van der Waals surface area contributed by atoms with Crippen LogP contribution in [-0.4, -0.2) is 6.04 Å². The van der Waals surface area contributed by atoms with Gasteiger partial charge in [-0.15, -0.1) is 11.3 Å². The molecule has 0 saturated heterocycles. The highest BCUT2D eigenvalue weighted by molar-refractivity contribution is 7.10. The predicted octanol–water partition coefficient (Wildman–Crippen LogP) is 3.98. The zero-order chi connectivity index (χ0) is 10.9. The van der Waals surface area contributed by atoms with Gasteiger partial charge in [-0.25, -0.2) is 0 Å². The molecule has 1 nitrogen and oxygen atoms in total. The van der Waals surface area contributed by atoms with Crippen molar-refractivity contribution in [2.24, 2.45) is 5.41 Å². The number of hydrogen-bond acceptors (Lipinski definition) is 2. The van der Waals surface area contributed by atoms with Crippen LogP contribution in [0.2, 0.25) is 0 Å². The first-order chi connectivity index (χ1) is 7.09. The first-order valence-corrected chi connectivity index (χ1v) is 6.77. The van der Waals surface area contributed by atoms with Crippen LogP contribution in [-0.2, 0) is 0 Å². The van der Waals surface area contributed by atoms with Crippen LogP contribution in [0.15, 0.2) is 17.5 Å². The maximum absolute atomic E-state index is 3.78. The third kappa shape index (κ3) is 2.43. The van der Waals surface area contributed by atoms with Gasteiger partial charge in [-0.1, -0.05) is 26.3 Å². The Hall–Kier alpha value is -0.340. The molecule has 15 heavy (non-hydrogen) atoms. The van der Waals surface area contributed by atoms with Crippen LogP contribution in [0.1, 0.15) is 51.0 Å². The summed E-state index contributed by atoms with van der Waals surface area (Å²) in [5, 5.41) is 5.94. The molecule has 0 spiro atoms. The van der Waals surface area contributed by atoms with Gasteiger partial charge in [-0.3, -0.25) is 0 Å². The Morgan fingerprint density at radius 1 is 1.53 bits per heavy atom. The topological polar surface area (TPSA) is 12.0 Å². The van der Waals surface area contributed by atoms with Crippen LogP contribution in [0.25, 0.3) is 0 Å². The third-order valence-corrected chi connectivity index (χ3v) is 4.73. The van der Waals surface area contributed by atoms with Gasteiger partial charge in [-0.2, -0.15) is 0 Å². The van der Waals surface area contributed by atoms with Gasteiger partial charge < -0.3 is 5.32 Å². The summed E-state index contributed by atoms with van der Waals surface area (Å²) in [7, 11) is 0. The fourth-order valence-corrected chi connectivity index (χ4v) is 3.30. The molecule has 0 aromatic carbocycles. The molecular weight excluding hydrogens is 202 g/mol. The van der Waals surface area contributed by atoms with Crippen molar-refractivity contribution < 1.29 is 0 Å². The minimum absolute atomic E-state index is 0.478. The SMILES string of the molecule is CC(NC1CCCC1(C)C)c1cccs1. The van der Waals surface area contributed by atoms with E-state index in [4.69, 9.17) is 0 Å². The number of rotatable bonds is 3. The summed E-state index contributed by atoms with van der Waals surface area (Å²) in [6.45, 7) is 7.05. The quantitative estimate of drug-likeness (QED) is 0.817. The molecule has 84 valence electrons. The number of hydrogen-bond donors (Lipinski definition) is 1.